The van der Waals surface area contributed by atoms with Crippen LogP contribution in [0.15, 0.2) is 10.9 Å². The first-order valence-corrected chi connectivity index (χ1v) is 11.6. The number of aryl methyl sites for hydroxylation is 1. The summed E-state index contributed by atoms with van der Waals surface area (Å²) >= 11 is 1.86. The van der Waals surface area contributed by atoms with Gasteiger partial charge < -0.3 is 10.2 Å². The predicted molar refractivity (Wildman–Crippen MR) is 108 cm³/mol. The molecule has 6 nitrogen and oxygen atoms in total. The highest BCUT2D eigenvalue weighted by atomic mass is 32.2. The Hall–Kier alpha value is -1.50. The number of nitrogens with zero attached hydrogens (tertiary/aromatic N) is 3. The van der Waals surface area contributed by atoms with Crippen LogP contribution >= 0.6 is 11.8 Å². The van der Waals surface area contributed by atoms with Gasteiger partial charge in [0.05, 0.1) is 18.3 Å². The van der Waals surface area contributed by atoms with E-state index in [0.717, 1.165) is 61.4 Å². The van der Waals surface area contributed by atoms with Crippen LogP contribution in [0.5, 0.6) is 0 Å². The zero-order valence-electron chi connectivity index (χ0n) is 16.0. The molecule has 1 aromatic rings. The maximum absolute atomic E-state index is 12.8. The molecule has 3 aliphatic rings. The molecule has 1 saturated heterocycles. The van der Waals surface area contributed by atoms with Crippen LogP contribution in [0.3, 0.4) is 0 Å². The second-order valence-electron chi connectivity index (χ2n) is 8.07. The Kier molecular flexibility index (Phi) is 6.05. The predicted octanol–water partition coefficient (Wildman–Crippen LogP) is 2.93. The van der Waals surface area contributed by atoms with E-state index in [2.05, 4.69) is 10.4 Å². The van der Waals surface area contributed by atoms with Gasteiger partial charge in [0.25, 0.3) is 5.56 Å². The normalized spacial score (nSPS) is 23.7. The number of urea groups is 1. The van der Waals surface area contributed by atoms with Gasteiger partial charge in [0.2, 0.25) is 0 Å². The third-order valence-electron chi connectivity index (χ3n) is 6.11. The number of rotatable bonds is 3. The Morgan fingerprint density at radius 1 is 1.19 bits per heavy atom. The zero-order valence-corrected chi connectivity index (χ0v) is 16.8. The maximum atomic E-state index is 12.8. The monoisotopic (exact) mass is 390 g/mol. The van der Waals surface area contributed by atoms with Gasteiger partial charge in [0.15, 0.2) is 0 Å². The van der Waals surface area contributed by atoms with Crippen molar-refractivity contribution in [3.8, 4) is 0 Å². The number of hydrogen-bond acceptors (Lipinski definition) is 4. The standard InChI is InChI=1S/C20H30N4O2S/c25-19-12-15-14-27-11-9-18(15)22-24(19)13-17-8-5-10-23(17)20(26)21-16-6-3-1-2-4-7-16/h12,16-17H,1-11,13-14H2,(H,21,26). The lowest BCUT2D eigenvalue weighted by Gasteiger charge is -2.28. The minimum atomic E-state index is -0.0349. The summed E-state index contributed by atoms with van der Waals surface area (Å²) < 4.78 is 1.59. The summed E-state index contributed by atoms with van der Waals surface area (Å²) in [5, 5.41) is 7.89. The quantitative estimate of drug-likeness (QED) is 0.806. The number of nitrogens with one attached hydrogen (secondary N) is 1. The summed E-state index contributed by atoms with van der Waals surface area (Å²) in [6, 6.07) is 2.17. The number of carbonyl (C=O) groups is 1. The zero-order chi connectivity index (χ0) is 18.6. The molecule has 4 rings (SSSR count). The number of likely N-dealkylation sites (tertiary alicyclic amines) is 1. The highest BCUT2D eigenvalue weighted by Gasteiger charge is 2.31. The summed E-state index contributed by atoms with van der Waals surface area (Å²) in [5.41, 5.74) is 2.11. The average molecular weight is 391 g/mol. The highest BCUT2D eigenvalue weighted by molar-refractivity contribution is 7.98. The molecule has 1 saturated carbocycles. The molecular formula is C20H30N4O2S. The molecule has 2 fully saturated rings. The fourth-order valence-corrected chi connectivity index (χ4v) is 5.51. The summed E-state index contributed by atoms with van der Waals surface area (Å²) in [7, 11) is 0. The van der Waals surface area contributed by atoms with Gasteiger partial charge in [-0.25, -0.2) is 9.48 Å². The van der Waals surface area contributed by atoms with Crippen molar-refractivity contribution >= 4 is 17.8 Å². The van der Waals surface area contributed by atoms with E-state index in [0.29, 0.717) is 12.6 Å². The van der Waals surface area contributed by atoms with Gasteiger partial charge in [0.1, 0.15) is 0 Å². The molecular weight excluding hydrogens is 360 g/mol. The van der Waals surface area contributed by atoms with Crippen LogP contribution in [-0.2, 0) is 18.7 Å². The number of hydrogen-bond donors (Lipinski definition) is 1. The Morgan fingerprint density at radius 2 is 2.00 bits per heavy atom. The second kappa shape index (κ2) is 8.67. The van der Waals surface area contributed by atoms with E-state index in [4.69, 9.17) is 0 Å². The number of thioether (sulfide) groups is 1. The van der Waals surface area contributed by atoms with E-state index in [9.17, 15) is 9.59 Å². The molecule has 1 unspecified atom stereocenters. The molecule has 148 valence electrons. The molecule has 1 aromatic heterocycles. The number of fused-ring (bicyclic) bond motifs is 1. The first-order valence-electron chi connectivity index (χ1n) is 10.5. The molecule has 2 amide bonds. The van der Waals surface area contributed by atoms with E-state index >= 15 is 0 Å². The molecule has 1 aliphatic carbocycles. The topological polar surface area (TPSA) is 67.2 Å². The Labute approximate surface area is 165 Å². The molecule has 27 heavy (non-hydrogen) atoms. The minimum absolute atomic E-state index is 0.0349. The summed E-state index contributed by atoms with van der Waals surface area (Å²) in [6.07, 6.45) is 10.0. The molecule has 1 N–H and O–H groups in total. The molecule has 3 heterocycles. The van der Waals surface area contributed by atoms with Crippen molar-refractivity contribution in [1.29, 1.82) is 0 Å². The van der Waals surface area contributed by atoms with E-state index in [1.54, 1.807) is 10.7 Å². The van der Waals surface area contributed by atoms with Gasteiger partial charge in [-0.1, -0.05) is 25.7 Å². The molecule has 1 atom stereocenters. The Balaban J connectivity index is 1.42. The number of amides is 2. The van der Waals surface area contributed by atoms with E-state index in [1.165, 1.54) is 25.7 Å². The Morgan fingerprint density at radius 3 is 2.81 bits per heavy atom. The lowest BCUT2D eigenvalue weighted by Crippen LogP contribution is -2.48. The van der Waals surface area contributed by atoms with Crippen molar-refractivity contribution in [3.05, 3.63) is 27.7 Å². The van der Waals surface area contributed by atoms with Crippen molar-refractivity contribution in [2.45, 2.75) is 82.2 Å². The molecule has 0 radical (unpaired) electrons. The van der Waals surface area contributed by atoms with Gasteiger partial charge in [-0.05, 0) is 37.0 Å². The molecule has 7 heteroatoms. The fourth-order valence-electron chi connectivity index (χ4n) is 4.56. The fraction of sp³-hybridized carbons (Fsp3) is 0.750. The van der Waals surface area contributed by atoms with E-state index in [-0.39, 0.29) is 17.6 Å². The molecule has 0 aromatic carbocycles. The van der Waals surface area contributed by atoms with Crippen LogP contribution in [0.1, 0.15) is 62.6 Å². The lowest BCUT2D eigenvalue weighted by atomic mass is 10.1. The average Bonchev–Trinajstić information content (AvgIpc) is 2.98. The van der Waals surface area contributed by atoms with Crippen molar-refractivity contribution < 1.29 is 4.79 Å². The van der Waals surface area contributed by atoms with Crippen LogP contribution in [0, 0.1) is 0 Å². The first kappa shape index (κ1) is 18.8. The van der Waals surface area contributed by atoms with Crippen LogP contribution in [0.4, 0.5) is 4.79 Å². The van der Waals surface area contributed by atoms with Gasteiger partial charge in [-0.3, -0.25) is 4.79 Å². The third-order valence-corrected chi connectivity index (χ3v) is 7.12. The minimum Gasteiger partial charge on any atom is -0.335 e. The third kappa shape index (κ3) is 4.50. The SMILES string of the molecule is O=C(NC1CCCCCC1)N1CCCC1Cn1nc2c(cc1=O)CSCC2. The first-order chi connectivity index (χ1) is 13.2. The largest absolute Gasteiger partial charge is 0.335 e. The van der Waals surface area contributed by atoms with Crippen LogP contribution in [-0.4, -0.2) is 45.1 Å². The molecule has 0 bridgehead atoms. The molecule has 0 spiro atoms. The summed E-state index contributed by atoms with van der Waals surface area (Å²) in [5.74, 6) is 1.95. The lowest BCUT2D eigenvalue weighted by molar-refractivity contribution is 0.180. The number of aromatic nitrogens is 2. The van der Waals surface area contributed by atoms with Crippen molar-refractivity contribution in [1.82, 2.24) is 20.0 Å². The van der Waals surface area contributed by atoms with E-state index in [1.807, 2.05) is 16.7 Å². The maximum Gasteiger partial charge on any atom is 0.317 e. The Bertz CT molecular complexity index is 727. The number of carbonyl (C=O) groups excluding carboxylic acids is 1. The highest BCUT2D eigenvalue weighted by Crippen LogP contribution is 2.23. The van der Waals surface area contributed by atoms with Gasteiger partial charge in [-0.2, -0.15) is 16.9 Å². The van der Waals surface area contributed by atoms with Gasteiger partial charge in [0, 0.05) is 30.8 Å². The second-order valence-corrected chi connectivity index (χ2v) is 9.17. The van der Waals surface area contributed by atoms with Crippen molar-refractivity contribution in [2.75, 3.05) is 12.3 Å². The van der Waals surface area contributed by atoms with Crippen molar-refractivity contribution in [3.63, 3.8) is 0 Å². The van der Waals surface area contributed by atoms with Crippen LogP contribution in [0.2, 0.25) is 0 Å². The van der Waals surface area contributed by atoms with Crippen molar-refractivity contribution in [2.24, 2.45) is 0 Å². The van der Waals surface area contributed by atoms with Crippen LogP contribution < -0.4 is 10.9 Å². The van der Waals surface area contributed by atoms with Crippen LogP contribution in [0.25, 0.3) is 0 Å². The summed E-state index contributed by atoms with van der Waals surface area (Å²) in [4.78, 5) is 27.3. The summed E-state index contributed by atoms with van der Waals surface area (Å²) in [6.45, 7) is 1.29. The smallest absolute Gasteiger partial charge is 0.317 e. The van der Waals surface area contributed by atoms with Gasteiger partial charge in [-0.15, -0.1) is 0 Å². The van der Waals surface area contributed by atoms with E-state index < -0.39 is 0 Å². The molecule has 2 aliphatic heterocycles. The van der Waals surface area contributed by atoms with Gasteiger partial charge >= 0.3 is 6.03 Å².